The lowest BCUT2D eigenvalue weighted by molar-refractivity contribution is 0.600. The minimum absolute atomic E-state index is 0.525. The van der Waals surface area contributed by atoms with Crippen LogP contribution in [0.2, 0.25) is 0 Å². The summed E-state index contributed by atoms with van der Waals surface area (Å²) in [6, 6.07) is 0.525. The van der Waals surface area contributed by atoms with Gasteiger partial charge in [0.15, 0.2) is 0 Å². The highest BCUT2D eigenvalue weighted by Gasteiger charge is 2.02. The summed E-state index contributed by atoms with van der Waals surface area (Å²) < 4.78 is 0. The Morgan fingerprint density at radius 3 is 3.20 bits per heavy atom. The number of nitrogens with one attached hydrogen (secondary N) is 1. The van der Waals surface area contributed by atoms with Crippen LogP contribution in [0.5, 0.6) is 0 Å². The lowest BCUT2D eigenvalue weighted by Crippen LogP contribution is -2.28. The molecule has 2 heteroatoms. The van der Waals surface area contributed by atoms with Gasteiger partial charge in [0.05, 0.1) is 0 Å². The van der Waals surface area contributed by atoms with E-state index in [1.54, 1.807) is 0 Å². The third kappa shape index (κ3) is 2.31. The molecule has 0 fully saturated rings. The highest BCUT2D eigenvalue weighted by Crippen LogP contribution is 1.97. The van der Waals surface area contributed by atoms with Gasteiger partial charge in [0, 0.05) is 24.9 Å². The molecule has 2 nitrogen and oxygen atoms in total. The van der Waals surface area contributed by atoms with E-state index < -0.39 is 0 Å². The summed E-state index contributed by atoms with van der Waals surface area (Å²) in [6.45, 7) is 3.27. The van der Waals surface area contributed by atoms with Gasteiger partial charge in [0.1, 0.15) is 0 Å². The van der Waals surface area contributed by atoms with Crippen LogP contribution in [-0.4, -0.2) is 18.8 Å². The van der Waals surface area contributed by atoms with Crippen LogP contribution in [0.1, 0.15) is 19.8 Å². The van der Waals surface area contributed by atoms with Crippen molar-refractivity contribution in [3.63, 3.8) is 0 Å². The standard InChI is InChI=1S/C8H14N2/c1-2-5-10-8-3-6-9-7-4-8/h3,6-8,10H,2,4-5H2,1H3. The molecule has 0 bridgehead atoms. The van der Waals surface area contributed by atoms with E-state index in [0.717, 1.165) is 13.0 Å². The predicted molar refractivity (Wildman–Crippen MR) is 44.3 cm³/mol. The normalized spacial score (nSPS) is 23.5. The Morgan fingerprint density at radius 1 is 1.70 bits per heavy atom. The van der Waals surface area contributed by atoms with Crippen molar-refractivity contribution in [2.45, 2.75) is 25.8 Å². The van der Waals surface area contributed by atoms with E-state index in [1.165, 1.54) is 6.42 Å². The average Bonchev–Trinajstić information content (AvgIpc) is 2.03. The third-order valence-electron chi connectivity index (χ3n) is 1.53. The Bertz CT molecular complexity index is 138. The van der Waals surface area contributed by atoms with Crippen molar-refractivity contribution in [1.82, 2.24) is 5.32 Å². The van der Waals surface area contributed by atoms with E-state index in [-0.39, 0.29) is 0 Å². The third-order valence-corrected chi connectivity index (χ3v) is 1.53. The van der Waals surface area contributed by atoms with Gasteiger partial charge < -0.3 is 5.32 Å². The van der Waals surface area contributed by atoms with Crippen LogP contribution in [-0.2, 0) is 0 Å². The Labute approximate surface area is 62.0 Å². The van der Waals surface area contributed by atoms with Gasteiger partial charge in [-0.1, -0.05) is 6.92 Å². The van der Waals surface area contributed by atoms with E-state index in [0.29, 0.717) is 6.04 Å². The fourth-order valence-electron chi connectivity index (χ4n) is 0.949. The number of hydrogen-bond acceptors (Lipinski definition) is 2. The first-order chi connectivity index (χ1) is 4.93. The fraction of sp³-hybridized carbons (Fsp3) is 0.625. The van der Waals surface area contributed by atoms with Gasteiger partial charge in [-0.15, -0.1) is 0 Å². The van der Waals surface area contributed by atoms with E-state index in [1.807, 2.05) is 12.4 Å². The van der Waals surface area contributed by atoms with Crippen LogP contribution in [0.15, 0.2) is 17.3 Å². The first kappa shape index (κ1) is 7.48. The molecule has 0 amide bonds. The summed E-state index contributed by atoms with van der Waals surface area (Å²) in [5.74, 6) is 0. The summed E-state index contributed by atoms with van der Waals surface area (Å²) in [7, 11) is 0. The minimum atomic E-state index is 0.525. The van der Waals surface area contributed by atoms with Gasteiger partial charge in [0.25, 0.3) is 0 Å². The molecular weight excluding hydrogens is 124 g/mol. The number of rotatable bonds is 3. The average molecular weight is 138 g/mol. The van der Waals surface area contributed by atoms with Crippen molar-refractivity contribution in [3.05, 3.63) is 12.3 Å². The zero-order chi connectivity index (χ0) is 7.23. The molecule has 0 saturated heterocycles. The molecule has 1 N–H and O–H groups in total. The second-order valence-corrected chi connectivity index (χ2v) is 2.47. The molecule has 1 heterocycles. The molecule has 1 unspecified atom stereocenters. The topological polar surface area (TPSA) is 24.4 Å². The van der Waals surface area contributed by atoms with Gasteiger partial charge in [-0.25, -0.2) is 0 Å². The number of aliphatic imine (C=N–C) groups is 1. The summed E-state index contributed by atoms with van der Waals surface area (Å²) in [6.07, 6.45) is 8.15. The van der Waals surface area contributed by atoms with Gasteiger partial charge >= 0.3 is 0 Å². The Morgan fingerprint density at radius 2 is 2.60 bits per heavy atom. The van der Waals surface area contributed by atoms with Crippen LogP contribution < -0.4 is 5.32 Å². The monoisotopic (exact) mass is 138 g/mol. The van der Waals surface area contributed by atoms with Crippen molar-refractivity contribution >= 4 is 6.21 Å². The lowest BCUT2D eigenvalue weighted by Gasteiger charge is -2.12. The first-order valence-corrected chi connectivity index (χ1v) is 3.85. The van der Waals surface area contributed by atoms with Crippen molar-refractivity contribution < 1.29 is 0 Å². The van der Waals surface area contributed by atoms with Crippen molar-refractivity contribution in [3.8, 4) is 0 Å². The zero-order valence-corrected chi connectivity index (χ0v) is 6.38. The highest BCUT2D eigenvalue weighted by atomic mass is 14.9. The van der Waals surface area contributed by atoms with Crippen LogP contribution in [0.4, 0.5) is 0 Å². The van der Waals surface area contributed by atoms with Gasteiger partial charge in [-0.2, -0.15) is 0 Å². The van der Waals surface area contributed by atoms with Gasteiger partial charge in [0.2, 0.25) is 0 Å². The molecule has 0 aromatic heterocycles. The van der Waals surface area contributed by atoms with Crippen molar-refractivity contribution in [2.75, 3.05) is 6.54 Å². The molecule has 0 aliphatic carbocycles. The predicted octanol–water partition coefficient (Wildman–Crippen LogP) is 1.34. The van der Waals surface area contributed by atoms with Crippen LogP contribution in [0, 0.1) is 0 Å². The minimum Gasteiger partial charge on any atom is -0.310 e. The summed E-state index contributed by atoms with van der Waals surface area (Å²) in [5.41, 5.74) is 0. The molecule has 10 heavy (non-hydrogen) atoms. The van der Waals surface area contributed by atoms with Crippen LogP contribution in [0.25, 0.3) is 0 Å². The highest BCUT2D eigenvalue weighted by molar-refractivity contribution is 5.60. The molecule has 0 radical (unpaired) electrons. The Hall–Kier alpha value is -0.630. The quantitative estimate of drug-likeness (QED) is 0.625. The molecule has 56 valence electrons. The van der Waals surface area contributed by atoms with E-state index in [2.05, 4.69) is 23.3 Å². The largest absolute Gasteiger partial charge is 0.310 e. The molecular formula is C8H14N2. The van der Waals surface area contributed by atoms with Gasteiger partial charge in [-0.3, -0.25) is 4.99 Å². The molecule has 0 spiro atoms. The first-order valence-electron chi connectivity index (χ1n) is 3.85. The maximum atomic E-state index is 3.99. The lowest BCUT2D eigenvalue weighted by atomic mass is 10.2. The second kappa shape index (κ2) is 4.23. The number of nitrogens with zero attached hydrogens (tertiary/aromatic N) is 1. The van der Waals surface area contributed by atoms with Crippen molar-refractivity contribution in [2.24, 2.45) is 4.99 Å². The maximum Gasteiger partial charge on any atom is 0.0317 e. The van der Waals surface area contributed by atoms with Crippen LogP contribution in [0.3, 0.4) is 0 Å². The van der Waals surface area contributed by atoms with E-state index in [4.69, 9.17) is 0 Å². The van der Waals surface area contributed by atoms with Crippen LogP contribution >= 0.6 is 0 Å². The Kier molecular flexibility index (Phi) is 3.16. The summed E-state index contributed by atoms with van der Waals surface area (Å²) in [5, 5.41) is 3.39. The molecule has 1 rings (SSSR count). The summed E-state index contributed by atoms with van der Waals surface area (Å²) >= 11 is 0. The molecule has 0 aromatic carbocycles. The second-order valence-electron chi connectivity index (χ2n) is 2.47. The number of hydrogen-bond donors (Lipinski definition) is 1. The molecule has 1 aliphatic rings. The summed E-state index contributed by atoms with van der Waals surface area (Å²) in [4.78, 5) is 3.99. The van der Waals surface area contributed by atoms with Gasteiger partial charge in [-0.05, 0) is 19.0 Å². The van der Waals surface area contributed by atoms with E-state index in [9.17, 15) is 0 Å². The molecule has 0 saturated carbocycles. The molecule has 0 aromatic rings. The zero-order valence-electron chi connectivity index (χ0n) is 6.38. The fourth-order valence-corrected chi connectivity index (χ4v) is 0.949. The smallest absolute Gasteiger partial charge is 0.0317 e. The van der Waals surface area contributed by atoms with E-state index >= 15 is 0 Å². The molecule has 1 atom stereocenters. The Balaban J connectivity index is 2.17. The van der Waals surface area contributed by atoms with Crippen molar-refractivity contribution in [1.29, 1.82) is 0 Å². The molecule has 1 aliphatic heterocycles. The SMILES string of the molecule is CCCNC1C=CN=CC1. The maximum absolute atomic E-state index is 3.99.